The van der Waals surface area contributed by atoms with Gasteiger partial charge in [-0.2, -0.15) is 12.6 Å². The van der Waals surface area contributed by atoms with Crippen LogP contribution in [0.1, 0.15) is 27.2 Å². The summed E-state index contributed by atoms with van der Waals surface area (Å²) in [6.07, 6.45) is 0.667. The quantitative estimate of drug-likeness (QED) is 0.518. The fourth-order valence-electron chi connectivity index (χ4n) is 0.718. The molecule has 76 valence electrons. The Kier molecular flexibility index (Phi) is 5.06. The number of hydrogen-bond donors (Lipinski definition) is 2. The lowest BCUT2D eigenvalue weighted by atomic mass is 9.85. The summed E-state index contributed by atoms with van der Waals surface area (Å²) in [5.41, 5.74) is -0.555. The van der Waals surface area contributed by atoms with Crippen molar-refractivity contribution in [2.24, 2.45) is 5.41 Å². The molecule has 0 aliphatic carbocycles. The summed E-state index contributed by atoms with van der Waals surface area (Å²) in [5.74, 6) is -0.302. The molecule has 0 aromatic carbocycles. The van der Waals surface area contributed by atoms with Crippen LogP contribution in [0.5, 0.6) is 0 Å². The molecule has 0 aromatic heterocycles. The summed E-state index contributed by atoms with van der Waals surface area (Å²) in [6, 6.07) is 0. The number of ketones is 1. The zero-order chi connectivity index (χ0) is 10.5. The van der Waals surface area contributed by atoms with E-state index in [0.29, 0.717) is 18.7 Å². The summed E-state index contributed by atoms with van der Waals surface area (Å²) < 4.78 is 0. The van der Waals surface area contributed by atoms with Crippen LogP contribution in [0.2, 0.25) is 0 Å². The number of amides is 1. The number of rotatable bonds is 5. The largest absolute Gasteiger partial charge is 0.349 e. The predicted molar refractivity (Wildman–Crippen MR) is 55.9 cm³/mol. The maximum Gasteiger partial charge on any atom is 0.287 e. The molecule has 0 aromatic rings. The molecule has 13 heavy (non-hydrogen) atoms. The SMILES string of the molecule is CCC(C)(C)C(=O)C(=O)NCCS. The lowest BCUT2D eigenvalue weighted by molar-refractivity contribution is -0.143. The Labute approximate surface area is 84.7 Å². The first-order valence-corrected chi connectivity index (χ1v) is 5.02. The van der Waals surface area contributed by atoms with Gasteiger partial charge >= 0.3 is 0 Å². The van der Waals surface area contributed by atoms with Crippen molar-refractivity contribution >= 4 is 24.3 Å². The average Bonchev–Trinajstić information content (AvgIpc) is 2.12. The highest BCUT2D eigenvalue weighted by Gasteiger charge is 2.30. The van der Waals surface area contributed by atoms with E-state index < -0.39 is 11.3 Å². The topological polar surface area (TPSA) is 46.2 Å². The highest BCUT2D eigenvalue weighted by molar-refractivity contribution is 7.80. The minimum atomic E-state index is -0.555. The monoisotopic (exact) mass is 203 g/mol. The molecular weight excluding hydrogens is 186 g/mol. The first-order valence-electron chi connectivity index (χ1n) is 4.39. The maximum absolute atomic E-state index is 11.5. The van der Waals surface area contributed by atoms with E-state index in [2.05, 4.69) is 17.9 Å². The number of thiol groups is 1. The number of carbonyl (C=O) groups is 2. The molecule has 0 rings (SSSR count). The van der Waals surface area contributed by atoms with Crippen LogP contribution >= 0.6 is 12.6 Å². The van der Waals surface area contributed by atoms with Crippen molar-refractivity contribution in [2.45, 2.75) is 27.2 Å². The summed E-state index contributed by atoms with van der Waals surface area (Å²) in [7, 11) is 0. The van der Waals surface area contributed by atoms with Gasteiger partial charge in [0.05, 0.1) is 0 Å². The standard InChI is InChI=1S/C9H17NO2S/c1-4-9(2,3)7(11)8(12)10-5-6-13/h13H,4-6H2,1-3H3,(H,10,12). The Morgan fingerprint density at radius 1 is 1.38 bits per heavy atom. The Morgan fingerprint density at radius 3 is 2.31 bits per heavy atom. The lowest BCUT2D eigenvalue weighted by Gasteiger charge is -2.19. The summed E-state index contributed by atoms with van der Waals surface area (Å²) in [4.78, 5) is 22.7. The summed E-state index contributed by atoms with van der Waals surface area (Å²) >= 11 is 3.93. The van der Waals surface area contributed by atoms with Crippen molar-refractivity contribution in [3.05, 3.63) is 0 Å². The first-order chi connectivity index (χ1) is 5.95. The zero-order valence-electron chi connectivity index (χ0n) is 8.39. The second-order valence-electron chi connectivity index (χ2n) is 3.55. The molecule has 1 amide bonds. The molecule has 0 heterocycles. The Hall–Kier alpha value is -0.510. The molecule has 0 atom stereocenters. The number of Topliss-reactive ketones (excluding diaryl/α,β-unsaturated/α-hetero) is 1. The Bertz CT molecular complexity index is 202. The second-order valence-corrected chi connectivity index (χ2v) is 3.99. The van der Waals surface area contributed by atoms with Crippen molar-refractivity contribution < 1.29 is 9.59 Å². The molecule has 1 N–H and O–H groups in total. The number of carbonyl (C=O) groups excluding carboxylic acids is 2. The van der Waals surface area contributed by atoms with Crippen LogP contribution < -0.4 is 5.32 Å². The zero-order valence-corrected chi connectivity index (χ0v) is 9.28. The highest BCUT2D eigenvalue weighted by atomic mass is 32.1. The Balaban J connectivity index is 4.18. The minimum absolute atomic E-state index is 0.350. The van der Waals surface area contributed by atoms with Crippen molar-refractivity contribution in [1.29, 1.82) is 0 Å². The Morgan fingerprint density at radius 2 is 1.92 bits per heavy atom. The molecule has 0 aliphatic rings. The van der Waals surface area contributed by atoms with Gasteiger partial charge in [0, 0.05) is 17.7 Å². The van der Waals surface area contributed by atoms with Crippen LogP contribution in [0.4, 0.5) is 0 Å². The van der Waals surface area contributed by atoms with Gasteiger partial charge in [0.15, 0.2) is 0 Å². The van der Waals surface area contributed by atoms with Gasteiger partial charge in [0.2, 0.25) is 5.78 Å². The van der Waals surface area contributed by atoms with Crippen molar-refractivity contribution in [2.75, 3.05) is 12.3 Å². The molecule has 3 nitrogen and oxygen atoms in total. The smallest absolute Gasteiger partial charge is 0.287 e. The van der Waals surface area contributed by atoms with Gasteiger partial charge in [0.1, 0.15) is 0 Å². The fraction of sp³-hybridized carbons (Fsp3) is 0.778. The van der Waals surface area contributed by atoms with Crippen LogP contribution in [0, 0.1) is 5.41 Å². The molecule has 4 heteroatoms. The summed E-state index contributed by atoms with van der Waals surface area (Å²) in [5, 5.41) is 2.51. The fourth-order valence-corrected chi connectivity index (χ4v) is 0.829. The van der Waals surface area contributed by atoms with Gasteiger partial charge in [0.25, 0.3) is 5.91 Å². The number of nitrogens with one attached hydrogen (secondary N) is 1. The average molecular weight is 203 g/mol. The first kappa shape index (κ1) is 12.5. The second kappa shape index (κ2) is 5.27. The van der Waals surface area contributed by atoms with E-state index in [9.17, 15) is 9.59 Å². The molecule has 0 saturated heterocycles. The lowest BCUT2D eigenvalue weighted by Crippen LogP contribution is -2.40. The predicted octanol–water partition coefficient (Wildman–Crippen LogP) is 1.04. The van der Waals surface area contributed by atoms with Crippen LogP contribution in [0.25, 0.3) is 0 Å². The molecular formula is C9H17NO2S. The number of hydrogen-bond acceptors (Lipinski definition) is 3. The molecule has 0 radical (unpaired) electrons. The minimum Gasteiger partial charge on any atom is -0.349 e. The molecule has 0 unspecified atom stereocenters. The van der Waals surface area contributed by atoms with Gasteiger partial charge < -0.3 is 5.32 Å². The van der Waals surface area contributed by atoms with Gasteiger partial charge in [-0.25, -0.2) is 0 Å². The van der Waals surface area contributed by atoms with E-state index in [1.165, 1.54) is 0 Å². The third-order valence-corrected chi connectivity index (χ3v) is 2.33. The van der Waals surface area contributed by atoms with Crippen LogP contribution in [-0.4, -0.2) is 24.0 Å². The van der Waals surface area contributed by atoms with Gasteiger partial charge in [-0.15, -0.1) is 0 Å². The van der Waals surface area contributed by atoms with Crippen LogP contribution in [0.15, 0.2) is 0 Å². The third kappa shape index (κ3) is 3.81. The third-order valence-electron chi connectivity index (χ3n) is 2.10. The highest BCUT2D eigenvalue weighted by Crippen LogP contribution is 2.20. The van der Waals surface area contributed by atoms with Gasteiger partial charge in [-0.3, -0.25) is 9.59 Å². The van der Waals surface area contributed by atoms with Gasteiger partial charge in [-0.05, 0) is 6.42 Å². The van der Waals surface area contributed by atoms with E-state index in [1.54, 1.807) is 13.8 Å². The summed E-state index contributed by atoms with van der Waals surface area (Å²) in [6.45, 7) is 5.88. The van der Waals surface area contributed by atoms with E-state index in [-0.39, 0.29) is 5.78 Å². The van der Waals surface area contributed by atoms with Crippen molar-refractivity contribution in [1.82, 2.24) is 5.32 Å². The van der Waals surface area contributed by atoms with E-state index in [4.69, 9.17) is 0 Å². The van der Waals surface area contributed by atoms with Crippen LogP contribution in [0.3, 0.4) is 0 Å². The maximum atomic E-state index is 11.5. The molecule has 0 aliphatic heterocycles. The van der Waals surface area contributed by atoms with E-state index in [0.717, 1.165) is 0 Å². The van der Waals surface area contributed by atoms with Gasteiger partial charge in [-0.1, -0.05) is 20.8 Å². The van der Waals surface area contributed by atoms with E-state index >= 15 is 0 Å². The molecule has 0 spiro atoms. The van der Waals surface area contributed by atoms with Crippen molar-refractivity contribution in [3.8, 4) is 0 Å². The molecule has 0 fully saturated rings. The van der Waals surface area contributed by atoms with Crippen molar-refractivity contribution in [3.63, 3.8) is 0 Å². The van der Waals surface area contributed by atoms with E-state index in [1.807, 2.05) is 6.92 Å². The van der Waals surface area contributed by atoms with Crippen LogP contribution in [-0.2, 0) is 9.59 Å². The molecule has 0 saturated carbocycles. The molecule has 0 bridgehead atoms. The normalized spacial score (nSPS) is 11.1.